The molecular weight excluding hydrogens is 254 g/mol. The Labute approximate surface area is 116 Å². The highest BCUT2D eigenvalue weighted by atomic mass is 16.1. The Morgan fingerprint density at radius 3 is 2.90 bits per heavy atom. The van der Waals surface area contributed by atoms with Gasteiger partial charge in [0.15, 0.2) is 0 Å². The van der Waals surface area contributed by atoms with Gasteiger partial charge in [0.05, 0.1) is 29.9 Å². The Bertz CT molecular complexity index is 645. The molecule has 0 saturated carbocycles. The summed E-state index contributed by atoms with van der Waals surface area (Å²) in [7, 11) is 0. The van der Waals surface area contributed by atoms with Gasteiger partial charge < -0.3 is 11.1 Å². The molecule has 100 valence electrons. The molecule has 0 aliphatic rings. The number of amides is 1. The maximum Gasteiger partial charge on any atom is 0.252 e. The second-order valence-corrected chi connectivity index (χ2v) is 3.81. The zero-order chi connectivity index (χ0) is 14.2. The predicted octanol–water partition coefficient (Wildman–Crippen LogP) is 0.112. The van der Waals surface area contributed by atoms with E-state index < -0.39 is 0 Å². The first-order valence-corrected chi connectivity index (χ1v) is 5.97. The summed E-state index contributed by atoms with van der Waals surface area (Å²) in [5, 5.41) is 2.78. The molecule has 2 aromatic rings. The van der Waals surface area contributed by atoms with E-state index in [9.17, 15) is 4.79 Å². The number of pyridine rings is 1. The van der Waals surface area contributed by atoms with Crippen LogP contribution in [0.1, 0.15) is 21.6 Å². The molecule has 3 N–H and O–H groups in total. The molecule has 6 nitrogen and oxygen atoms in total. The van der Waals surface area contributed by atoms with Crippen LogP contribution in [0.3, 0.4) is 0 Å². The summed E-state index contributed by atoms with van der Waals surface area (Å²) in [6.45, 7) is 0.560. The smallest absolute Gasteiger partial charge is 0.252 e. The second-order valence-electron chi connectivity index (χ2n) is 3.81. The van der Waals surface area contributed by atoms with Crippen LogP contribution in [0.2, 0.25) is 0 Å². The molecule has 0 aromatic carbocycles. The van der Waals surface area contributed by atoms with Gasteiger partial charge in [-0.2, -0.15) is 0 Å². The lowest BCUT2D eigenvalue weighted by Gasteiger charge is -2.06. The van der Waals surface area contributed by atoms with Gasteiger partial charge >= 0.3 is 0 Å². The Kier molecular flexibility index (Phi) is 4.76. The first-order valence-electron chi connectivity index (χ1n) is 5.97. The molecule has 2 heterocycles. The molecule has 1 amide bonds. The molecule has 0 spiro atoms. The largest absolute Gasteiger partial charge is 0.346 e. The molecule has 0 radical (unpaired) electrons. The Morgan fingerprint density at radius 1 is 1.30 bits per heavy atom. The molecule has 0 bridgehead atoms. The second kappa shape index (κ2) is 6.97. The molecule has 20 heavy (non-hydrogen) atoms. The SMILES string of the molecule is NCC#Cc1cnccc1C(=O)NCc1ccncn1. The number of hydrogen-bond donors (Lipinski definition) is 2. The lowest BCUT2D eigenvalue weighted by molar-refractivity contribution is 0.0950. The van der Waals surface area contributed by atoms with Crippen LogP contribution < -0.4 is 11.1 Å². The fourth-order valence-electron chi connectivity index (χ4n) is 1.53. The minimum atomic E-state index is -0.229. The van der Waals surface area contributed by atoms with Gasteiger partial charge in [-0.15, -0.1) is 0 Å². The Morgan fingerprint density at radius 2 is 2.15 bits per heavy atom. The van der Waals surface area contributed by atoms with Crippen molar-refractivity contribution in [3.8, 4) is 11.8 Å². The maximum atomic E-state index is 12.1. The number of nitrogens with two attached hydrogens (primary N) is 1. The summed E-state index contributed by atoms with van der Waals surface area (Å²) >= 11 is 0. The van der Waals surface area contributed by atoms with Crippen molar-refractivity contribution in [3.63, 3.8) is 0 Å². The number of carbonyl (C=O) groups excluding carboxylic acids is 1. The standard InChI is InChI=1S/C14H13N5O/c15-5-1-2-11-8-16-7-4-13(11)14(20)18-9-12-3-6-17-10-19-12/h3-4,6-8,10H,5,9,15H2,(H,18,20). The van der Waals surface area contributed by atoms with Crippen molar-refractivity contribution in [3.05, 3.63) is 53.9 Å². The van der Waals surface area contributed by atoms with Gasteiger partial charge in [-0.25, -0.2) is 9.97 Å². The van der Waals surface area contributed by atoms with E-state index in [0.29, 0.717) is 17.7 Å². The van der Waals surface area contributed by atoms with E-state index in [1.165, 1.54) is 6.33 Å². The summed E-state index contributed by atoms with van der Waals surface area (Å²) in [6.07, 6.45) is 6.15. The normalized spacial score (nSPS) is 9.45. The summed E-state index contributed by atoms with van der Waals surface area (Å²) in [5.41, 5.74) is 7.08. The molecule has 0 saturated heterocycles. The zero-order valence-electron chi connectivity index (χ0n) is 10.7. The Hall–Kier alpha value is -2.78. The number of rotatable bonds is 3. The third-order valence-corrected chi connectivity index (χ3v) is 2.46. The summed E-state index contributed by atoms with van der Waals surface area (Å²) in [6, 6.07) is 3.36. The van der Waals surface area contributed by atoms with E-state index in [0.717, 1.165) is 5.69 Å². The van der Waals surface area contributed by atoms with Crippen LogP contribution in [0.25, 0.3) is 0 Å². The molecule has 0 aliphatic heterocycles. The van der Waals surface area contributed by atoms with Crippen molar-refractivity contribution >= 4 is 5.91 Å². The number of hydrogen-bond acceptors (Lipinski definition) is 5. The molecule has 6 heteroatoms. The van der Waals surface area contributed by atoms with Gasteiger partial charge in [0.2, 0.25) is 0 Å². The predicted molar refractivity (Wildman–Crippen MR) is 73.4 cm³/mol. The van der Waals surface area contributed by atoms with E-state index in [1.54, 1.807) is 30.7 Å². The minimum Gasteiger partial charge on any atom is -0.346 e. The fraction of sp³-hybridized carbons (Fsp3) is 0.143. The quantitative estimate of drug-likeness (QED) is 0.770. The average molecular weight is 267 g/mol. The lowest BCUT2D eigenvalue weighted by atomic mass is 10.1. The summed E-state index contributed by atoms with van der Waals surface area (Å²) < 4.78 is 0. The van der Waals surface area contributed by atoms with Crippen LogP contribution in [0, 0.1) is 11.8 Å². The van der Waals surface area contributed by atoms with Crippen LogP contribution in [0.4, 0.5) is 0 Å². The van der Waals surface area contributed by atoms with Gasteiger partial charge in [0.25, 0.3) is 5.91 Å². The van der Waals surface area contributed by atoms with Crippen LogP contribution in [0.15, 0.2) is 37.1 Å². The molecular formula is C14H13N5O. The lowest BCUT2D eigenvalue weighted by Crippen LogP contribution is -2.24. The number of nitrogens with zero attached hydrogens (tertiary/aromatic N) is 3. The van der Waals surface area contributed by atoms with Crippen molar-refractivity contribution < 1.29 is 4.79 Å². The highest BCUT2D eigenvalue weighted by Crippen LogP contribution is 2.05. The van der Waals surface area contributed by atoms with Gasteiger partial charge in [0.1, 0.15) is 6.33 Å². The highest BCUT2D eigenvalue weighted by Gasteiger charge is 2.09. The van der Waals surface area contributed by atoms with Gasteiger partial charge in [-0.05, 0) is 12.1 Å². The van der Waals surface area contributed by atoms with Gasteiger partial charge in [0, 0.05) is 18.6 Å². The maximum absolute atomic E-state index is 12.1. The van der Waals surface area contributed by atoms with Crippen molar-refractivity contribution in [1.29, 1.82) is 0 Å². The number of nitrogens with one attached hydrogen (secondary N) is 1. The number of aromatic nitrogens is 3. The van der Waals surface area contributed by atoms with E-state index in [4.69, 9.17) is 5.73 Å². The van der Waals surface area contributed by atoms with Crippen molar-refractivity contribution in [2.24, 2.45) is 5.73 Å². The van der Waals surface area contributed by atoms with Crippen molar-refractivity contribution in [1.82, 2.24) is 20.3 Å². The van der Waals surface area contributed by atoms with Crippen LogP contribution in [-0.4, -0.2) is 27.4 Å². The van der Waals surface area contributed by atoms with E-state index in [-0.39, 0.29) is 12.5 Å². The average Bonchev–Trinajstić information content (AvgIpc) is 2.52. The highest BCUT2D eigenvalue weighted by molar-refractivity contribution is 5.96. The van der Waals surface area contributed by atoms with Crippen LogP contribution in [0.5, 0.6) is 0 Å². The minimum absolute atomic E-state index is 0.229. The first kappa shape index (κ1) is 13.6. The van der Waals surface area contributed by atoms with Gasteiger partial charge in [-0.3, -0.25) is 9.78 Å². The third kappa shape index (κ3) is 3.60. The van der Waals surface area contributed by atoms with E-state index in [1.807, 2.05) is 0 Å². The molecule has 0 unspecified atom stereocenters. The zero-order valence-corrected chi connectivity index (χ0v) is 10.7. The summed E-state index contributed by atoms with van der Waals surface area (Å²) in [4.78, 5) is 23.9. The summed E-state index contributed by atoms with van der Waals surface area (Å²) in [5.74, 6) is 5.31. The molecule has 2 aromatic heterocycles. The van der Waals surface area contributed by atoms with Crippen molar-refractivity contribution in [2.75, 3.05) is 6.54 Å². The molecule has 2 rings (SSSR count). The monoisotopic (exact) mass is 267 g/mol. The third-order valence-electron chi connectivity index (χ3n) is 2.46. The van der Waals surface area contributed by atoms with Crippen molar-refractivity contribution in [2.45, 2.75) is 6.54 Å². The van der Waals surface area contributed by atoms with E-state index in [2.05, 4.69) is 32.1 Å². The van der Waals surface area contributed by atoms with Crippen LogP contribution in [-0.2, 0) is 6.54 Å². The first-order chi connectivity index (χ1) is 9.81. The van der Waals surface area contributed by atoms with Gasteiger partial charge in [-0.1, -0.05) is 11.8 Å². The Balaban J connectivity index is 2.09. The molecule has 0 aliphatic carbocycles. The topological polar surface area (TPSA) is 93.8 Å². The molecule has 0 fully saturated rings. The van der Waals surface area contributed by atoms with E-state index >= 15 is 0 Å². The molecule has 0 atom stereocenters. The van der Waals surface area contributed by atoms with Crippen LogP contribution >= 0.6 is 0 Å². The fourth-order valence-corrected chi connectivity index (χ4v) is 1.53. The number of carbonyl (C=O) groups is 1.